The van der Waals surface area contributed by atoms with Crippen molar-refractivity contribution in [1.82, 2.24) is 4.98 Å². The molecule has 0 fully saturated rings. The second-order valence-electron chi connectivity index (χ2n) is 12.7. The standard InChI is InChI=1S/C46H30N2/c1-3-16-39-37(13-1)38-14-2-4-17-40(38)46(39)41-18-5-7-20-43(41)48(44-21-8-6-19-42(44)46)35-28-26-32(27-29-35)31-22-24-33(25-23-31)36-15-9-11-34-12-10-30-47-45(34)36/h1-30H. The van der Waals surface area contributed by atoms with Crippen LogP contribution in [0.25, 0.3) is 44.3 Å². The molecule has 48 heavy (non-hydrogen) atoms. The molecule has 0 unspecified atom stereocenters. The van der Waals surface area contributed by atoms with Gasteiger partial charge in [-0.25, -0.2) is 0 Å². The fourth-order valence-electron chi connectivity index (χ4n) is 8.32. The minimum Gasteiger partial charge on any atom is -0.310 e. The predicted molar refractivity (Wildman–Crippen MR) is 198 cm³/mol. The van der Waals surface area contributed by atoms with Crippen LogP contribution < -0.4 is 4.90 Å². The van der Waals surface area contributed by atoms with Crippen molar-refractivity contribution in [3.8, 4) is 33.4 Å². The van der Waals surface area contributed by atoms with Gasteiger partial charge < -0.3 is 4.90 Å². The first-order valence-corrected chi connectivity index (χ1v) is 16.6. The van der Waals surface area contributed by atoms with Crippen LogP contribution in [-0.4, -0.2) is 4.98 Å². The summed E-state index contributed by atoms with van der Waals surface area (Å²) in [6.07, 6.45) is 1.87. The molecule has 1 aliphatic carbocycles. The zero-order valence-electron chi connectivity index (χ0n) is 26.2. The lowest BCUT2D eigenvalue weighted by atomic mass is 9.64. The molecule has 1 aromatic heterocycles. The van der Waals surface area contributed by atoms with Gasteiger partial charge in [-0.2, -0.15) is 0 Å². The third-order valence-corrected chi connectivity index (χ3v) is 10.3. The normalized spacial score (nSPS) is 13.5. The quantitative estimate of drug-likeness (QED) is 0.198. The molecule has 2 nitrogen and oxygen atoms in total. The summed E-state index contributed by atoms with van der Waals surface area (Å²) >= 11 is 0. The third kappa shape index (κ3) is 3.72. The van der Waals surface area contributed by atoms with Crippen molar-refractivity contribution >= 4 is 28.0 Å². The van der Waals surface area contributed by atoms with Crippen LogP contribution in [0.15, 0.2) is 182 Å². The van der Waals surface area contributed by atoms with E-state index in [2.05, 4.69) is 180 Å². The second-order valence-corrected chi connectivity index (χ2v) is 12.7. The smallest absolute Gasteiger partial charge is 0.0780 e. The number of benzene rings is 7. The van der Waals surface area contributed by atoms with Gasteiger partial charge in [0, 0.05) is 22.8 Å². The lowest BCUT2D eigenvalue weighted by Gasteiger charge is -2.45. The Bertz CT molecular complexity index is 2410. The molecule has 2 aliphatic rings. The Labute approximate surface area is 280 Å². The lowest BCUT2D eigenvalue weighted by Crippen LogP contribution is -2.36. The molecular formula is C46H30N2. The van der Waals surface area contributed by atoms with Gasteiger partial charge in [-0.05, 0) is 80.4 Å². The molecule has 10 rings (SSSR count). The summed E-state index contributed by atoms with van der Waals surface area (Å²) in [6, 6.07) is 64.2. The average Bonchev–Trinajstić information content (AvgIpc) is 3.46. The number of nitrogens with zero attached hydrogens (tertiary/aromatic N) is 2. The molecule has 7 aromatic carbocycles. The van der Waals surface area contributed by atoms with E-state index in [4.69, 9.17) is 0 Å². The molecule has 0 radical (unpaired) electrons. The Morgan fingerprint density at radius 1 is 0.375 bits per heavy atom. The highest BCUT2D eigenvalue weighted by atomic mass is 15.2. The predicted octanol–water partition coefficient (Wildman–Crippen LogP) is 11.7. The van der Waals surface area contributed by atoms with Gasteiger partial charge in [-0.3, -0.25) is 4.98 Å². The van der Waals surface area contributed by atoms with Crippen molar-refractivity contribution in [3.05, 3.63) is 204 Å². The highest BCUT2D eigenvalue weighted by molar-refractivity contribution is 5.96. The zero-order chi connectivity index (χ0) is 31.7. The molecule has 0 N–H and O–H groups in total. The van der Waals surface area contributed by atoms with Crippen LogP contribution in [0.3, 0.4) is 0 Å². The maximum atomic E-state index is 4.67. The van der Waals surface area contributed by atoms with Gasteiger partial charge in [-0.15, -0.1) is 0 Å². The van der Waals surface area contributed by atoms with Gasteiger partial charge in [0.25, 0.3) is 0 Å². The van der Waals surface area contributed by atoms with Crippen LogP contribution in [0.1, 0.15) is 22.3 Å². The van der Waals surface area contributed by atoms with Gasteiger partial charge in [0.2, 0.25) is 0 Å². The zero-order valence-corrected chi connectivity index (χ0v) is 26.2. The molecule has 1 aliphatic heterocycles. The summed E-state index contributed by atoms with van der Waals surface area (Å²) in [4.78, 5) is 7.11. The van der Waals surface area contributed by atoms with Crippen LogP contribution in [0.4, 0.5) is 17.1 Å². The van der Waals surface area contributed by atoms with Crippen molar-refractivity contribution in [3.63, 3.8) is 0 Å². The number of hydrogen-bond acceptors (Lipinski definition) is 2. The summed E-state index contributed by atoms with van der Waals surface area (Å²) in [5.74, 6) is 0. The summed E-state index contributed by atoms with van der Waals surface area (Å²) in [5, 5.41) is 1.16. The minimum atomic E-state index is -0.391. The summed E-state index contributed by atoms with van der Waals surface area (Å²) in [7, 11) is 0. The molecule has 0 saturated heterocycles. The lowest BCUT2D eigenvalue weighted by molar-refractivity contribution is 0.752. The van der Waals surface area contributed by atoms with Crippen LogP contribution >= 0.6 is 0 Å². The van der Waals surface area contributed by atoms with Crippen LogP contribution in [0, 0.1) is 0 Å². The number of rotatable bonds is 3. The summed E-state index contributed by atoms with van der Waals surface area (Å²) < 4.78 is 0. The first-order valence-electron chi connectivity index (χ1n) is 16.6. The second kappa shape index (κ2) is 10.4. The SMILES string of the molecule is c1ccc2c(c1)-c1ccccc1C21c2ccccc2N(c2ccc(-c3ccc(-c4cccc5cccnc45)cc3)cc2)c2ccccc21. The molecule has 1 spiro atoms. The van der Waals surface area contributed by atoms with Crippen LogP contribution in [0.5, 0.6) is 0 Å². The van der Waals surface area contributed by atoms with Crippen molar-refractivity contribution in [1.29, 1.82) is 0 Å². The van der Waals surface area contributed by atoms with Crippen LogP contribution in [-0.2, 0) is 5.41 Å². The molecule has 224 valence electrons. The summed E-state index contributed by atoms with van der Waals surface area (Å²) in [5.41, 5.74) is 16.9. The molecular weight excluding hydrogens is 581 g/mol. The van der Waals surface area contributed by atoms with E-state index < -0.39 is 5.41 Å². The third-order valence-electron chi connectivity index (χ3n) is 10.3. The van der Waals surface area contributed by atoms with E-state index in [0.717, 1.165) is 22.2 Å². The molecule has 8 aromatic rings. The van der Waals surface area contributed by atoms with E-state index in [-0.39, 0.29) is 0 Å². The fourth-order valence-corrected chi connectivity index (χ4v) is 8.32. The van der Waals surface area contributed by atoms with Crippen LogP contribution in [0.2, 0.25) is 0 Å². The Morgan fingerprint density at radius 2 is 0.854 bits per heavy atom. The monoisotopic (exact) mass is 610 g/mol. The highest BCUT2D eigenvalue weighted by Crippen LogP contribution is 2.63. The molecule has 2 heterocycles. The molecule has 0 atom stereocenters. The minimum absolute atomic E-state index is 0.391. The largest absolute Gasteiger partial charge is 0.310 e. The van der Waals surface area contributed by atoms with Gasteiger partial charge in [-0.1, -0.05) is 146 Å². The van der Waals surface area contributed by atoms with Gasteiger partial charge in [0.05, 0.1) is 22.3 Å². The molecule has 2 heteroatoms. The molecule has 0 bridgehead atoms. The van der Waals surface area contributed by atoms with Crippen molar-refractivity contribution in [2.75, 3.05) is 4.90 Å². The number of hydrogen-bond donors (Lipinski definition) is 0. The maximum absolute atomic E-state index is 4.67. The van der Waals surface area contributed by atoms with E-state index in [0.29, 0.717) is 0 Å². The number of anilines is 3. The van der Waals surface area contributed by atoms with Gasteiger partial charge >= 0.3 is 0 Å². The van der Waals surface area contributed by atoms with Crippen molar-refractivity contribution in [2.45, 2.75) is 5.41 Å². The number of fused-ring (bicyclic) bond motifs is 10. The maximum Gasteiger partial charge on any atom is 0.0780 e. The molecule has 0 saturated carbocycles. The Hall–Kier alpha value is -6.25. The van der Waals surface area contributed by atoms with E-state index in [1.54, 1.807) is 0 Å². The van der Waals surface area contributed by atoms with E-state index in [1.807, 2.05) is 12.3 Å². The van der Waals surface area contributed by atoms with E-state index in [1.165, 1.54) is 61.4 Å². The number of pyridine rings is 1. The number of aromatic nitrogens is 1. The van der Waals surface area contributed by atoms with Gasteiger partial charge in [0.1, 0.15) is 0 Å². The highest BCUT2D eigenvalue weighted by Gasteiger charge is 2.51. The van der Waals surface area contributed by atoms with Gasteiger partial charge in [0.15, 0.2) is 0 Å². The topological polar surface area (TPSA) is 16.1 Å². The van der Waals surface area contributed by atoms with E-state index >= 15 is 0 Å². The average molecular weight is 611 g/mol. The Balaban J connectivity index is 1.08. The first-order chi connectivity index (χ1) is 23.8. The van der Waals surface area contributed by atoms with E-state index in [9.17, 15) is 0 Å². The number of para-hydroxylation sites is 3. The Kier molecular flexibility index (Phi) is 5.82. The fraction of sp³-hybridized carbons (Fsp3) is 0.0217. The molecule has 0 amide bonds. The Morgan fingerprint density at radius 3 is 1.48 bits per heavy atom. The summed E-state index contributed by atoms with van der Waals surface area (Å²) in [6.45, 7) is 0. The van der Waals surface area contributed by atoms with Crippen molar-refractivity contribution < 1.29 is 0 Å². The first kappa shape index (κ1) is 26.9. The van der Waals surface area contributed by atoms with Crippen molar-refractivity contribution in [2.24, 2.45) is 0 Å².